The molecule has 0 aromatic carbocycles. The molecule has 0 heterocycles. The largest absolute Gasteiger partial charge is 0.394 e. The summed E-state index contributed by atoms with van der Waals surface area (Å²) >= 11 is 0. The fourth-order valence-electron chi connectivity index (χ4n) is 2.95. The van der Waals surface area contributed by atoms with Crippen molar-refractivity contribution < 1.29 is 5.11 Å². The van der Waals surface area contributed by atoms with Crippen LogP contribution >= 0.6 is 0 Å². The maximum Gasteiger partial charge on any atom is 0.0611 e. The second kappa shape index (κ2) is 14.8. The summed E-state index contributed by atoms with van der Waals surface area (Å²) in [5.41, 5.74) is 5.94. The first-order chi connectivity index (χ1) is 10.2. The zero-order chi connectivity index (χ0) is 15.8. The fraction of sp³-hybridized carbons (Fsp3) is 1.00. The van der Waals surface area contributed by atoms with Gasteiger partial charge in [-0.05, 0) is 12.8 Å². The van der Waals surface area contributed by atoms with Crippen molar-refractivity contribution in [3.05, 3.63) is 0 Å². The molecule has 3 N–H and O–H groups in total. The van der Waals surface area contributed by atoms with E-state index < -0.39 is 0 Å². The van der Waals surface area contributed by atoms with Crippen molar-refractivity contribution in [2.45, 2.75) is 116 Å². The molecule has 128 valence electrons. The minimum absolute atomic E-state index is 0.144. The topological polar surface area (TPSA) is 46.2 Å². The number of hydrogen-bond acceptors (Lipinski definition) is 2. The SMILES string of the molecule is CCCCCCCCCCCCCC(N)(CO)CCCC. The summed E-state index contributed by atoms with van der Waals surface area (Å²) in [4.78, 5) is 0. The minimum Gasteiger partial charge on any atom is -0.394 e. The molecule has 1 atom stereocenters. The van der Waals surface area contributed by atoms with Gasteiger partial charge in [-0.2, -0.15) is 0 Å². The second-order valence-electron chi connectivity index (χ2n) is 6.91. The van der Waals surface area contributed by atoms with Crippen LogP contribution < -0.4 is 5.73 Å². The molecule has 0 amide bonds. The molecule has 2 nitrogen and oxygen atoms in total. The summed E-state index contributed by atoms with van der Waals surface area (Å²) in [5, 5.41) is 9.45. The zero-order valence-corrected chi connectivity index (χ0v) is 14.8. The molecule has 0 aliphatic carbocycles. The highest BCUT2D eigenvalue weighted by Crippen LogP contribution is 2.20. The van der Waals surface area contributed by atoms with Crippen LogP contribution in [0, 0.1) is 0 Å². The third-order valence-electron chi connectivity index (χ3n) is 4.62. The van der Waals surface area contributed by atoms with Crippen LogP contribution in [-0.4, -0.2) is 17.3 Å². The summed E-state index contributed by atoms with van der Waals surface area (Å²) in [5.74, 6) is 0. The van der Waals surface area contributed by atoms with Gasteiger partial charge in [0.2, 0.25) is 0 Å². The third-order valence-corrected chi connectivity index (χ3v) is 4.62. The molecular weight excluding hydrogens is 258 g/mol. The van der Waals surface area contributed by atoms with E-state index in [0.29, 0.717) is 0 Å². The standard InChI is InChI=1S/C19H41NO/c1-3-5-7-8-9-10-11-12-13-14-15-17-19(20,18-21)16-6-4-2/h21H,3-18,20H2,1-2H3. The highest BCUT2D eigenvalue weighted by molar-refractivity contribution is 4.82. The Labute approximate surface area is 133 Å². The molecule has 0 aromatic heterocycles. The third kappa shape index (κ3) is 13.3. The van der Waals surface area contributed by atoms with E-state index in [4.69, 9.17) is 5.73 Å². The number of unbranched alkanes of at least 4 members (excludes halogenated alkanes) is 11. The molecule has 0 aromatic rings. The Balaban J connectivity index is 3.34. The van der Waals surface area contributed by atoms with Gasteiger partial charge < -0.3 is 10.8 Å². The summed E-state index contributed by atoms with van der Waals surface area (Å²) < 4.78 is 0. The van der Waals surface area contributed by atoms with Crippen LogP contribution in [0.4, 0.5) is 0 Å². The Morgan fingerprint density at radius 1 is 0.619 bits per heavy atom. The maximum atomic E-state index is 9.45. The van der Waals surface area contributed by atoms with Gasteiger partial charge in [-0.25, -0.2) is 0 Å². The lowest BCUT2D eigenvalue weighted by atomic mass is 9.88. The molecule has 0 aliphatic rings. The van der Waals surface area contributed by atoms with Crippen molar-refractivity contribution in [2.75, 3.05) is 6.61 Å². The van der Waals surface area contributed by atoms with Gasteiger partial charge in [0, 0.05) is 5.54 Å². The molecule has 0 bridgehead atoms. The number of rotatable bonds is 16. The van der Waals surface area contributed by atoms with E-state index in [2.05, 4.69) is 13.8 Å². The number of aliphatic hydroxyl groups is 1. The van der Waals surface area contributed by atoms with Crippen molar-refractivity contribution in [2.24, 2.45) is 5.73 Å². The predicted octanol–water partition coefficient (Wildman–Crippen LogP) is 5.57. The van der Waals surface area contributed by atoms with E-state index >= 15 is 0 Å². The smallest absolute Gasteiger partial charge is 0.0611 e. The van der Waals surface area contributed by atoms with Crippen molar-refractivity contribution in [3.63, 3.8) is 0 Å². The highest BCUT2D eigenvalue weighted by atomic mass is 16.3. The molecule has 0 saturated carbocycles. The summed E-state index contributed by atoms with van der Waals surface area (Å²) in [7, 11) is 0. The Morgan fingerprint density at radius 2 is 1.00 bits per heavy atom. The minimum atomic E-state index is -0.310. The molecule has 0 fully saturated rings. The Kier molecular flexibility index (Phi) is 14.8. The van der Waals surface area contributed by atoms with Crippen LogP contribution in [-0.2, 0) is 0 Å². The van der Waals surface area contributed by atoms with Crippen LogP contribution in [0.2, 0.25) is 0 Å². The molecule has 21 heavy (non-hydrogen) atoms. The molecular formula is C19H41NO. The lowest BCUT2D eigenvalue weighted by molar-refractivity contribution is 0.172. The van der Waals surface area contributed by atoms with Crippen molar-refractivity contribution in [1.82, 2.24) is 0 Å². The highest BCUT2D eigenvalue weighted by Gasteiger charge is 2.22. The van der Waals surface area contributed by atoms with E-state index in [9.17, 15) is 5.11 Å². The maximum absolute atomic E-state index is 9.45. The Hall–Kier alpha value is -0.0800. The summed E-state index contributed by atoms with van der Waals surface area (Å²) in [6.45, 7) is 4.60. The summed E-state index contributed by atoms with van der Waals surface area (Å²) in [6, 6.07) is 0. The average Bonchev–Trinajstić information content (AvgIpc) is 2.50. The lowest BCUT2D eigenvalue weighted by Crippen LogP contribution is -2.43. The average molecular weight is 300 g/mol. The zero-order valence-electron chi connectivity index (χ0n) is 14.8. The number of nitrogens with two attached hydrogens (primary N) is 1. The van der Waals surface area contributed by atoms with Gasteiger partial charge >= 0.3 is 0 Å². The van der Waals surface area contributed by atoms with E-state index in [1.165, 1.54) is 70.6 Å². The lowest BCUT2D eigenvalue weighted by Gasteiger charge is -2.27. The summed E-state index contributed by atoms with van der Waals surface area (Å²) in [6.07, 6.45) is 19.3. The molecule has 0 saturated heterocycles. The van der Waals surface area contributed by atoms with Crippen LogP contribution in [0.1, 0.15) is 110 Å². The monoisotopic (exact) mass is 299 g/mol. The van der Waals surface area contributed by atoms with Crippen molar-refractivity contribution >= 4 is 0 Å². The van der Waals surface area contributed by atoms with Gasteiger partial charge in [0.25, 0.3) is 0 Å². The van der Waals surface area contributed by atoms with Gasteiger partial charge in [0.15, 0.2) is 0 Å². The molecule has 1 unspecified atom stereocenters. The molecule has 0 rings (SSSR count). The predicted molar refractivity (Wildman–Crippen MR) is 94.6 cm³/mol. The van der Waals surface area contributed by atoms with E-state index in [1.54, 1.807) is 0 Å². The van der Waals surface area contributed by atoms with Crippen molar-refractivity contribution in [3.8, 4) is 0 Å². The van der Waals surface area contributed by atoms with Crippen molar-refractivity contribution in [1.29, 1.82) is 0 Å². The van der Waals surface area contributed by atoms with Crippen LogP contribution in [0.15, 0.2) is 0 Å². The van der Waals surface area contributed by atoms with Gasteiger partial charge in [0.05, 0.1) is 6.61 Å². The molecule has 2 heteroatoms. The second-order valence-corrected chi connectivity index (χ2v) is 6.91. The van der Waals surface area contributed by atoms with Crippen LogP contribution in [0.3, 0.4) is 0 Å². The fourth-order valence-corrected chi connectivity index (χ4v) is 2.95. The quantitative estimate of drug-likeness (QED) is 0.366. The van der Waals surface area contributed by atoms with E-state index in [0.717, 1.165) is 25.7 Å². The molecule has 0 spiro atoms. The number of aliphatic hydroxyl groups excluding tert-OH is 1. The van der Waals surface area contributed by atoms with E-state index in [-0.39, 0.29) is 12.1 Å². The number of hydrogen-bond donors (Lipinski definition) is 2. The van der Waals surface area contributed by atoms with E-state index in [1.807, 2.05) is 0 Å². The molecule has 0 aliphatic heterocycles. The first-order valence-corrected chi connectivity index (χ1v) is 9.58. The van der Waals surface area contributed by atoms with Crippen LogP contribution in [0.5, 0.6) is 0 Å². The van der Waals surface area contributed by atoms with Crippen LogP contribution in [0.25, 0.3) is 0 Å². The van der Waals surface area contributed by atoms with Gasteiger partial charge in [0.1, 0.15) is 0 Å². The Bertz CT molecular complexity index is 208. The van der Waals surface area contributed by atoms with Gasteiger partial charge in [-0.15, -0.1) is 0 Å². The van der Waals surface area contributed by atoms with Gasteiger partial charge in [-0.3, -0.25) is 0 Å². The normalized spacial score (nSPS) is 14.3. The first-order valence-electron chi connectivity index (χ1n) is 9.58. The molecule has 0 radical (unpaired) electrons. The first kappa shape index (κ1) is 20.9. The van der Waals surface area contributed by atoms with Gasteiger partial charge in [-0.1, -0.05) is 97.3 Å². The Morgan fingerprint density at radius 3 is 1.43 bits per heavy atom.